The van der Waals surface area contributed by atoms with E-state index in [2.05, 4.69) is 20.9 Å². The Morgan fingerprint density at radius 3 is 2.91 bits per heavy atom. The van der Waals surface area contributed by atoms with E-state index >= 15 is 0 Å². The average Bonchev–Trinajstić information content (AvgIpc) is 3.02. The number of likely N-dealkylation sites (tertiary alicyclic amines) is 1. The molecule has 0 saturated carbocycles. The first-order chi connectivity index (χ1) is 11.2. The van der Waals surface area contributed by atoms with E-state index in [1.807, 2.05) is 36.4 Å². The van der Waals surface area contributed by atoms with E-state index in [4.69, 9.17) is 9.47 Å². The van der Waals surface area contributed by atoms with Crippen molar-refractivity contribution in [2.45, 2.75) is 19.1 Å². The highest BCUT2D eigenvalue weighted by Crippen LogP contribution is 2.21. The van der Waals surface area contributed by atoms with Gasteiger partial charge in [-0.05, 0) is 27.6 Å². The SMILES string of the molecule is O=C(OCc1ccccc1)N1CCC(Oc2cncc(Br)c2)C1. The number of aromatic nitrogens is 1. The van der Waals surface area contributed by atoms with Gasteiger partial charge in [-0.1, -0.05) is 30.3 Å². The Morgan fingerprint density at radius 2 is 2.13 bits per heavy atom. The van der Waals surface area contributed by atoms with E-state index in [-0.39, 0.29) is 18.8 Å². The summed E-state index contributed by atoms with van der Waals surface area (Å²) in [5.41, 5.74) is 0.980. The minimum Gasteiger partial charge on any atom is -0.487 e. The molecular weight excluding hydrogens is 360 g/mol. The number of carbonyl (C=O) groups excluding carboxylic acids is 1. The zero-order chi connectivity index (χ0) is 16.1. The first-order valence-corrected chi connectivity index (χ1v) is 8.23. The number of benzene rings is 1. The fourth-order valence-corrected chi connectivity index (χ4v) is 2.79. The van der Waals surface area contributed by atoms with Gasteiger partial charge in [0.15, 0.2) is 0 Å². The highest BCUT2D eigenvalue weighted by atomic mass is 79.9. The fraction of sp³-hybridized carbons (Fsp3) is 0.294. The van der Waals surface area contributed by atoms with E-state index < -0.39 is 0 Å². The molecule has 6 heteroatoms. The predicted octanol–water partition coefficient (Wildman–Crippen LogP) is 3.63. The third-order valence-electron chi connectivity index (χ3n) is 3.59. The van der Waals surface area contributed by atoms with Crippen LogP contribution in [-0.4, -0.2) is 35.2 Å². The van der Waals surface area contributed by atoms with Gasteiger partial charge in [-0.15, -0.1) is 0 Å². The van der Waals surface area contributed by atoms with Crippen LogP contribution in [0.1, 0.15) is 12.0 Å². The van der Waals surface area contributed by atoms with Crippen molar-refractivity contribution in [2.24, 2.45) is 0 Å². The van der Waals surface area contributed by atoms with Crippen LogP contribution in [0.3, 0.4) is 0 Å². The lowest BCUT2D eigenvalue weighted by molar-refractivity contribution is 0.0991. The summed E-state index contributed by atoms with van der Waals surface area (Å²) in [5, 5.41) is 0. The highest BCUT2D eigenvalue weighted by molar-refractivity contribution is 9.10. The molecule has 0 aliphatic carbocycles. The van der Waals surface area contributed by atoms with Gasteiger partial charge in [0.25, 0.3) is 0 Å². The number of nitrogens with zero attached hydrogens (tertiary/aromatic N) is 2. The maximum atomic E-state index is 12.1. The first kappa shape index (κ1) is 15.8. The summed E-state index contributed by atoms with van der Waals surface area (Å²) in [5.74, 6) is 0.698. The number of pyridine rings is 1. The molecule has 1 atom stereocenters. The van der Waals surface area contributed by atoms with Gasteiger partial charge in [-0.3, -0.25) is 4.98 Å². The second-order valence-corrected chi connectivity index (χ2v) is 6.27. The Bertz CT molecular complexity index is 666. The van der Waals surface area contributed by atoms with Crippen LogP contribution >= 0.6 is 15.9 Å². The van der Waals surface area contributed by atoms with Gasteiger partial charge in [-0.2, -0.15) is 0 Å². The summed E-state index contributed by atoms with van der Waals surface area (Å²) in [6.07, 6.45) is 3.82. The van der Waals surface area contributed by atoms with Crippen LogP contribution in [0.5, 0.6) is 5.75 Å². The summed E-state index contributed by atoms with van der Waals surface area (Å²) in [4.78, 5) is 17.8. The molecule has 2 aromatic rings. The monoisotopic (exact) mass is 376 g/mol. The number of amides is 1. The molecule has 2 heterocycles. The maximum absolute atomic E-state index is 12.1. The third-order valence-corrected chi connectivity index (χ3v) is 4.02. The molecule has 1 amide bonds. The van der Waals surface area contributed by atoms with Crippen molar-refractivity contribution in [1.82, 2.24) is 9.88 Å². The molecule has 1 unspecified atom stereocenters. The van der Waals surface area contributed by atoms with Gasteiger partial charge in [0.05, 0.1) is 12.7 Å². The quantitative estimate of drug-likeness (QED) is 0.817. The third kappa shape index (κ3) is 4.45. The van der Waals surface area contributed by atoms with Gasteiger partial charge < -0.3 is 14.4 Å². The topological polar surface area (TPSA) is 51.7 Å². The Morgan fingerprint density at radius 1 is 1.30 bits per heavy atom. The van der Waals surface area contributed by atoms with E-state index in [1.165, 1.54) is 0 Å². The zero-order valence-electron chi connectivity index (χ0n) is 12.5. The van der Waals surface area contributed by atoms with Crippen molar-refractivity contribution in [3.05, 3.63) is 58.8 Å². The predicted molar refractivity (Wildman–Crippen MR) is 89.2 cm³/mol. The molecule has 1 fully saturated rings. The van der Waals surface area contributed by atoms with E-state index in [9.17, 15) is 4.79 Å². The zero-order valence-corrected chi connectivity index (χ0v) is 14.1. The van der Waals surface area contributed by atoms with Gasteiger partial charge in [0, 0.05) is 23.6 Å². The number of carbonyl (C=O) groups is 1. The van der Waals surface area contributed by atoms with Crippen LogP contribution in [0, 0.1) is 0 Å². The number of hydrogen-bond donors (Lipinski definition) is 0. The van der Waals surface area contributed by atoms with Crippen LogP contribution < -0.4 is 4.74 Å². The molecule has 0 spiro atoms. The Hall–Kier alpha value is -2.08. The van der Waals surface area contributed by atoms with Gasteiger partial charge in [-0.25, -0.2) is 4.79 Å². The molecule has 5 nitrogen and oxygen atoms in total. The molecule has 0 bridgehead atoms. The summed E-state index contributed by atoms with van der Waals surface area (Å²) in [6.45, 7) is 1.46. The second kappa shape index (κ2) is 7.46. The Labute approximate surface area is 143 Å². The van der Waals surface area contributed by atoms with Crippen LogP contribution in [0.25, 0.3) is 0 Å². The van der Waals surface area contributed by atoms with Crippen molar-refractivity contribution in [1.29, 1.82) is 0 Å². The van der Waals surface area contributed by atoms with E-state index in [0.717, 1.165) is 16.5 Å². The van der Waals surface area contributed by atoms with Crippen LogP contribution in [0.2, 0.25) is 0 Å². The standard InChI is InChI=1S/C17H17BrN2O3/c18-14-8-16(10-19-9-14)23-15-6-7-20(11-15)17(21)22-12-13-4-2-1-3-5-13/h1-5,8-10,15H,6-7,11-12H2. The molecule has 120 valence electrons. The average molecular weight is 377 g/mol. The van der Waals surface area contributed by atoms with E-state index in [0.29, 0.717) is 18.8 Å². The van der Waals surface area contributed by atoms with Crippen molar-refractivity contribution >= 4 is 22.0 Å². The van der Waals surface area contributed by atoms with Crippen molar-refractivity contribution in [2.75, 3.05) is 13.1 Å². The molecule has 23 heavy (non-hydrogen) atoms. The summed E-state index contributed by atoms with van der Waals surface area (Å²) in [6, 6.07) is 11.5. The lowest BCUT2D eigenvalue weighted by Crippen LogP contribution is -2.31. The smallest absolute Gasteiger partial charge is 0.410 e. The molecule has 3 rings (SSSR count). The van der Waals surface area contributed by atoms with Crippen molar-refractivity contribution < 1.29 is 14.3 Å². The number of ether oxygens (including phenoxy) is 2. The van der Waals surface area contributed by atoms with Crippen LogP contribution in [0.15, 0.2) is 53.3 Å². The van der Waals surface area contributed by atoms with Gasteiger partial charge in [0.2, 0.25) is 0 Å². The van der Waals surface area contributed by atoms with Gasteiger partial charge >= 0.3 is 6.09 Å². The largest absolute Gasteiger partial charge is 0.487 e. The van der Waals surface area contributed by atoms with Gasteiger partial charge in [0.1, 0.15) is 18.5 Å². The molecule has 0 radical (unpaired) electrons. The molecule has 0 N–H and O–H groups in total. The number of rotatable bonds is 4. The molecule has 1 aliphatic heterocycles. The highest BCUT2D eigenvalue weighted by Gasteiger charge is 2.28. The summed E-state index contributed by atoms with van der Waals surface area (Å²) >= 11 is 3.36. The molecule has 1 aromatic heterocycles. The fourth-order valence-electron chi connectivity index (χ4n) is 2.45. The molecule has 1 saturated heterocycles. The summed E-state index contributed by atoms with van der Waals surface area (Å²) < 4.78 is 12.1. The van der Waals surface area contributed by atoms with Crippen LogP contribution in [-0.2, 0) is 11.3 Å². The minimum atomic E-state index is -0.299. The normalized spacial score (nSPS) is 17.1. The molecule has 1 aliphatic rings. The maximum Gasteiger partial charge on any atom is 0.410 e. The second-order valence-electron chi connectivity index (χ2n) is 5.35. The Balaban J connectivity index is 1.48. The van der Waals surface area contributed by atoms with E-state index in [1.54, 1.807) is 17.3 Å². The molecular formula is C17H17BrN2O3. The Kier molecular flexibility index (Phi) is 5.12. The number of hydrogen-bond acceptors (Lipinski definition) is 4. The lowest BCUT2D eigenvalue weighted by Gasteiger charge is -2.17. The van der Waals surface area contributed by atoms with Crippen molar-refractivity contribution in [3.63, 3.8) is 0 Å². The van der Waals surface area contributed by atoms with Crippen molar-refractivity contribution in [3.8, 4) is 5.75 Å². The minimum absolute atomic E-state index is 0.0321. The molecule has 1 aromatic carbocycles. The lowest BCUT2D eigenvalue weighted by atomic mass is 10.2. The first-order valence-electron chi connectivity index (χ1n) is 7.43. The number of halogens is 1. The summed E-state index contributed by atoms with van der Waals surface area (Å²) in [7, 11) is 0. The van der Waals surface area contributed by atoms with Crippen LogP contribution in [0.4, 0.5) is 4.79 Å².